The largest absolute Gasteiger partial charge is 0.483 e. The van der Waals surface area contributed by atoms with Crippen LogP contribution in [0, 0.1) is 12.8 Å². The Morgan fingerprint density at radius 1 is 1.45 bits per heavy atom. The molecular weight excluding hydrogens is 320 g/mol. The summed E-state index contributed by atoms with van der Waals surface area (Å²) < 4.78 is 6.28. The van der Waals surface area contributed by atoms with Crippen LogP contribution in [-0.4, -0.2) is 18.2 Å². The Labute approximate surface area is 128 Å². The van der Waals surface area contributed by atoms with E-state index in [-0.39, 0.29) is 12.5 Å². The normalized spacial score (nSPS) is 11.6. The molecule has 0 unspecified atom stereocenters. The summed E-state index contributed by atoms with van der Waals surface area (Å²) >= 11 is 3.40. The number of hydrogen-bond acceptors (Lipinski definition) is 3. The SMILES string of the molecule is C/C(CC(C)C)=N\NC(=O)COc1ccc(C)cc1Br. The second-order valence-corrected chi connectivity index (χ2v) is 6.06. The van der Waals surface area contributed by atoms with Gasteiger partial charge in [-0.25, -0.2) is 5.43 Å². The Morgan fingerprint density at radius 2 is 2.15 bits per heavy atom. The number of hydrazone groups is 1. The zero-order valence-corrected chi connectivity index (χ0v) is 14.0. The Morgan fingerprint density at radius 3 is 2.75 bits per heavy atom. The van der Waals surface area contributed by atoms with E-state index in [0.29, 0.717) is 11.7 Å². The first-order chi connectivity index (χ1) is 9.38. The molecule has 1 N–H and O–H groups in total. The maximum atomic E-state index is 11.6. The number of halogens is 1. The molecule has 110 valence electrons. The third-order valence-electron chi connectivity index (χ3n) is 2.52. The lowest BCUT2D eigenvalue weighted by Crippen LogP contribution is -2.25. The van der Waals surface area contributed by atoms with Gasteiger partial charge in [-0.3, -0.25) is 4.79 Å². The average molecular weight is 341 g/mol. The van der Waals surface area contributed by atoms with Crippen LogP contribution in [0.3, 0.4) is 0 Å². The lowest BCUT2D eigenvalue weighted by molar-refractivity contribution is -0.123. The first-order valence-electron chi connectivity index (χ1n) is 6.59. The van der Waals surface area contributed by atoms with Crippen molar-refractivity contribution in [2.24, 2.45) is 11.0 Å². The van der Waals surface area contributed by atoms with Crippen LogP contribution in [0.4, 0.5) is 0 Å². The monoisotopic (exact) mass is 340 g/mol. The topological polar surface area (TPSA) is 50.7 Å². The highest BCUT2D eigenvalue weighted by Crippen LogP contribution is 2.25. The third kappa shape index (κ3) is 6.19. The van der Waals surface area contributed by atoms with Crippen LogP contribution in [0.15, 0.2) is 27.8 Å². The van der Waals surface area contributed by atoms with Crippen molar-refractivity contribution >= 4 is 27.5 Å². The molecule has 5 heteroatoms. The molecule has 0 aliphatic carbocycles. The smallest absolute Gasteiger partial charge is 0.277 e. The Bertz CT molecular complexity index is 499. The second kappa shape index (κ2) is 8.04. The van der Waals surface area contributed by atoms with Crippen LogP contribution in [0.2, 0.25) is 0 Å². The Kier molecular flexibility index (Phi) is 6.71. The molecule has 1 rings (SSSR count). The number of nitrogens with one attached hydrogen (secondary N) is 1. The fourth-order valence-electron chi connectivity index (χ4n) is 1.69. The van der Waals surface area contributed by atoms with Crippen molar-refractivity contribution in [3.63, 3.8) is 0 Å². The summed E-state index contributed by atoms with van der Waals surface area (Å²) in [6.07, 6.45) is 0.866. The molecule has 0 aliphatic rings. The van der Waals surface area contributed by atoms with Crippen molar-refractivity contribution in [2.75, 3.05) is 6.61 Å². The molecule has 0 aromatic heterocycles. The predicted octanol–water partition coefficient (Wildman–Crippen LogP) is 3.67. The minimum Gasteiger partial charge on any atom is -0.483 e. The van der Waals surface area contributed by atoms with Crippen LogP contribution in [-0.2, 0) is 4.79 Å². The number of rotatable bonds is 6. The van der Waals surface area contributed by atoms with Crippen LogP contribution >= 0.6 is 15.9 Å². The van der Waals surface area contributed by atoms with E-state index in [1.54, 1.807) is 0 Å². The Hall–Kier alpha value is -1.36. The maximum Gasteiger partial charge on any atom is 0.277 e. The molecule has 0 saturated heterocycles. The number of benzene rings is 1. The predicted molar refractivity (Wildman–Crippen MR) is 85.1 cm³/mol. The summed E-state index contributed by atoms with van der Waals surface area (Å²) in [6.45, 7) is 8.06. The summed E-state index contributed by atoms with van der Waals surface area (Å²) in [5.74, 6) is 0.907. The fourth-order valence-corrected chi connectivity index (χ4v) is 2.30. The molecular formula is C15H21BrN2O2. The minimum absolute atomic E-state index is 0.0554. The number of ether oxygens (including phenoxy) is 1. The van der Waals surface area contributed by atoms with Gasteiger partial charge in [0.25, 0.3) is 5.91 Å². The third-order valence-corrected chi connectivity index (χ3v) is 3.14. The van der Waals surface area contributed by atoms with Crippen molar-refractivity contribution in [1.29, 1.82) is 0 Å². The lowest BCUT2D eigenvalue weighted by Gasteiger charge is -2.08. The molecule has 0 fully saturated rings. The average Bonchev–Trinajstić information content (AvgIpc) is 2.34. The first-order valence-corrected chi connectivity index (χ1v) is 7.38. The molecule has 1 aromatic carbocycles. The van der Waals surface area contributed by atoms with E-state index in [1.807, 2.05) is 32.0 Å². The van der Waals surface area contributed by atoms with Crippen molar-refractivity contribution in [1.82, 2.24) is 5.43 Å². The highest BCUT2D eigenvalue weighted by molar-refractivity contribution is 9.10. The van der Waals surface area contributed by atoms with Crippen LogP contribution < -0.4 is 10.2 Å². The van der Waals surface area contributed by atoms with Crippen molar-refractivity contribution in [2.45, 2.75) is 34.1 Å². The van der Waals surface area contributed by atoms with Crippen LogP contribution in [0.1, 0.15) is 32.8 Å². The lowest BCUT2D eigenvalue weighted by atomic mass is 10.1. The molecule has 0 aliphatic heterocycles. The van der Waals surface area contributed by atoms with Crippen molar-refractivity contribution < 1.29 is 9.53 Å². The van der Waals surface area contributed by atoms with Crippen LogP contribution in [0.25, 0.3) is 0 Å². The van der Waals surface area contributed by atoms with Crippen molar-refractivity contribution in [3.05, 3.63) is 28.2 Å². The molecule has 0 radical (unpaired) electrons. The van der Waals surface area contributed by atoms with E-state index in [1.165, 1.54) is 0 Å². The van der Waals surface area contributed by atoms with Crippen molar-refractivity contribution in [3.8, 4) is 5.75 Å². The van der Waals surface area contributed by atoms with Gasteiger partial charge in [-0.1, -0.05) is 19.9 Å². The minimum atomic E-state index is -0.263. The van der Waals surface area contributed by atoms with E-state index in [2.05, 4.69) is 40.3 Å². The van der Waals surface area contributed by atoms with Crippen LogP contribution in [0.5, 0.6) is 5.75 Å². The summed E-state index contributed by atoms with van der Waals surface area (Å²) in [5.41, 5.74) is 4.53. The van der Waals surface area contributed by atoms with Gasteiger partial charge in [0.05, 0.1) is 4.47 Å². The number of carbonyl (C=O) groups excluding carboxylic acids is 1. The quantitative estimate of drug-likeness (QED) is 0.634. The molecule has 0 heterocycles. The second-order valence-electron chi connectivity index (χ2n) is 5.20. The van der Waals surface area contributed by atoms with Gasteiger partial charge in [-0.2, -0.15) is 5.10 Å². The van der Waals surface area contributed by atoms with Gasteiger partial charge in [-0.05, 0) is 59.8 Å². The van der Waals surface area contributed by atoms with E-state index >= 15 is 0 Å². The van der Waals surface area contributed by atoms with E-state index in [4.69, 9.17) is 4.74 Å². The van der Waals surface area contributed by atoms with Gasteiger partial charge in [0.2, 0.25) is 0 Å². The van der Waals surface area contributed by atoms with Gasteiger partial charge in [-0.15, -0.1) is 0 Å². The highest BCUT2D eigenvalue weighted by Gasteiger charge is 2.05. The molecule has 20 heavy (non-hydrogen) atoms. The molecule has 4 nitrogen and oxygen atoms in total. The summed E-state index contributed by atoms with van der Waals surface area (Å²) in [4.78, 5) is 11.6. The standard InChI is InChI=1S/C15H21BrN2O2/c1-10(2)7-12(4)17-18-15(19)9-20-14-6-5-11(3)8-13(14)16/h5-6,8,10H,7,9H2,1-4H3,(H,18,19)/b17-12+. The summed E-state index contributed by atoms with van der Waals surface area (Å²) in [7, 11) is 0. The number of amides is 1. The highest BCUT2D eigenvalue weighted by atomic mass is 79.9. The molecule has 0 spiro atoms. The number of carbonyl (C=O) groups is 1. The first kappa shape index (κ1) is 16.7. The number of nitrogens with zero attached hydrogens (tertiary/aromatic N) is 1. The van der Waals surface area contributed by atoms with Gasteiger partial charge in [0.15, 0.2) is 6.61 Å². The van der Waals surface area contributed by atoms with Gasteiger partial charge in [0.1, 0.15) is 5.75 Å². The van der Waals surface area contributed by atoms with E-state index < -0.39 is 0 Å². The van der Waals surface area contributed by atoms with Gasteiger partial charge < -0.3 is 4.74 Å². The number of aryl methyl sites for hydroxylation is 1. The summed E-state index contributed by atoms with van der Waals surface area (Å²) in [6, 6.07) is 5.71. The zero-order chi connectivity index (χ0) is 15.1. The van der Waals surface area contributed by atoms with E-state index in [9.17, 15) is 4.79 Å². The molecule has 0 saturated carbocycles. The maximum absolute atomic E-state index is 11.6. The van der Waals surface area contributed by atoms with E-state index in [0.717, 1.165) is 22.2 Å². The summed E-state index contributed by atoms with van der Waals surface area (Å²) in [5, 5.41) is 4.04. The molecule has 1 aromatic rings. The Balaban J connectivity index is 2.43. The molecule has 0 bridgehead atoms. The van der Waals surface area contributed by atoms with Gasteiger partial charge >= 0.3 is 0 Å². The molecule has 0 atom stereocenters. The molecule has 1 amide bonds. The number of hydrogen-bond donors (Lipinski definition) is 1. The van der Waals surface area contributed by atoms with Gasteiger partial charge in [0, 0.05) is 5.71 Å². The zero-order valence-electron chi connectivity index (χ0n) is 12.4. The fraction of sp³-hybridized carbons (Fsp3) is 0.467.